The van der Waals surface area contributed by atoms with Crippen LogP contribution in [0.4, 0.5) is 5.69 Å². The molecule has 2 rings (SSSR count). The van der Waals surface area contributed by atoms with Gasteiger partial charge in [-0.3, -0.25) is 5.41 Å². The summed E-state index contributed by atoms with van der Waals surface area (Å²) >= 11 is 0. The average Bonchev–Trinajstić information content (AvgIpc) is 2.62. The van der Waals surface area contributed by atoms with Crippen molar-refractivity contribution in [3.8, 4) is 0 Å². The van der Waals surface area contributed by atoms with E-state index in [-0.39, 0.29) is 5.84 Å². The van der Waals surface area contributed by atoms with Crippen LogP contribution in [0.5, 0.6) is 0 Å². The topological polar surface area (TPSA) is 42.7 Å². The molecule has 0 bridgehead atoms. The van der Waals surface area contributed by atoms with Crippen LogP contribution in [-0.4, -0.2) is 50.7 Å². The minimum Gasteiger partial charge on any atom is -0.370 e. The number of hydrogen-bond acceptors (Lipinski definition) is 3. The van der Waals surface area contributed by atoms with Gasteiger partial charge < -0.3 is 9.80 Å². The molecule has 0 aliphatic carbocycles. The molecule has 4 heteroatoms. The molecule has 1 heterocycles. The predicted molar refractivity (Wildman–Crippen MR) is 77.1 cm³/mol. The van der Waals surface area contributed by atoms with E-state index in [0.29, 0.717) is 0 Å². The van der Waals surface area contributed by atoms with Crippen molar-refractivity contribution in [3.63, 3.8) is 0 Å². The summed E-state index contributed by atoms with van der Waals surface area (Å²) in [6.07, 6.45) is 1.15. The summed E-state index contributed by atoms with van der Waals surface area (Å²) in [5, 5.41) is 7.87. The first-order valence-corrected chi connectivity index (χ1v) is 6.30. The van der Waals surface area contributed by atoms with Gasteiger partial charge in [-0.15, -0.1) is 0 Å². The van der Waals surface area contributed by atoms with Crippen LogP contribution >= 0.6 is 0 Å². The second kappa shape index (κ2) is 5.78. The number of nitrogens with zero attached hydrogens (tertiary/aromatic N) is 3. The van der Waals surface area contributed by atoms with Gasteiger partial charge in [-0.2, -0.15) is 0 Å². The van der Waals surface area contributed by atoms with E-state index >= 15 is 0 Å². The smallest absolute Gasteiger partial charge is 0.153 e. The summed E-state index contributed by atoms with van der Waals surface area (Å²) in [6, 6.07) is 7.98. The number of amidine groups is 1. The molecular weight excluding hydrogens is 224 g/mol. The number of likely N-dealkylation sites (N-methyl/N-ethyl adjacent to an activating group) is 1. The summed E-state index contributed by atoms with van der Waals surface area (Å²) in [4.78, 5) is 8.44. The van der Waals surface area contributed by atoms with E-state index in [0.717, 1.165) is 43.9 Å². The summed E-state index contributed by atoms with van der Waals surface area (Å²) in [5.74, 6) is 0.253. The van der Waals surface area contributed by atoms with Gasteiger partial charge in [0, 0.05) is 30.9 Å². The Labute approximate surface area is 108 Å². The Kier molecular flexibility index (Phi) is 4.10. The molecule has 1 aromatic carbocycles. The van der Waals surface area contributed by atoms with Gasteiger partial charge in [-0.05, 0) is 38.9 Å². The van der Waals surface area contributed by atoms with Crippen LogP contribution in [0.2, 0.25) is 0 Å². The number of aliphatic imine (C=N–C) groups is 1. The fourth-order valence-electron chi connectivity index (χ4n) is 2.32. The third-order valence-electron chi connectivity index (χ3n) is 3.38. The zero-order valence-electron chi connectivity index (χ0n) is 10.9. The van der Waals surface area contributed by atoms with Crippen LogP contribution < -0.4 is 4.90 Å². The molecule has 0 amide bonds. The standard InChI is InChI=1S/C14H20N4/c1-16-14(15)12-6-3-4-7-13(12)18-9-5-8-17(2)10-11-18/h3-4,6-7,15H,1,5,8-11H2,2H3. The van der Waals surface area contributed by atoms with Crippen LogP contribution in [0, 0.1) is 5.41 Å². The molecule has 4 nitrogen and oxygen atoms in total. The highest BCUT2D eigenvalue weighted by molar-refractivity contribution is 6.03. The predicted octanol–water partition coefficient (Wildman–Crippen LogP) is 1.85. The third-order valence-corrected chi connectivity index (χ3v) is 3.38. The molecule has 0 unspecified atom stereocenters. The van der Waals surface area contributed by atoms with Gasteiger partial charge in [0.1, 0.15) is 0 Å². The number of para-hydroxylation sites is 1. The first-order valence-electron chi connectivity index (χ1n) is 6.30. The van der Waals surface area contributed by atoms with Crippen molar-refractivity contribution >= 4 is 18.2 Å². The van der Waals surface area contributed by atoms with Gasteiger partial charge in [0.25, 0.3) is 0 Å². The first-order chi connectivity index (χ1) is 8.72. The Hall–Kier alpha value is -1.68. The van der Waals surface area contributed by atoms with Crippen LogP contribution in [0.1, 0.15) is 12.0 Å². The lowest BCUT2D eigenvalue weighted by Crippen LogP contribution is -2.29. The van der Waals surface area contributed by atoms with Crippen molar-refractivity contribution in [2.24, 2.45) is 4.99 Å². The molecular formula is C14H20N4. The lowest BCUT2D eigenvalue weighted by Gasteiger charge is -2.25. The first kappa shape index (κ1) is 12.8. The van der Waals surface area contributed by atoms with E-state index in [2.05, 4.69) is 34.6 Å². The number of nitrogens with one attached hydrogen (secondary N) is 1. The van der Waals surface area contributed by atoms with Gasteiger partial charge in [-0.25, -0.2) is 4.99 Å². The van der Waals surface area contributed by atoms with E-state index in [9.17, 15) is 0 Å². The molecule has 0 saturated carbocycles. The monoisotopic (exact) mass is 244 g/mol. The molecule has 0 radical (unpaired) electrons. The number of anilines is 1. The molecule has 0 atom stereocenters. The molecule has 1 N–H and O–H groups in total. The highest BCUT2D eigenvalue weighted by Crippen LogP contribution is 2.22. The zero-order chi connectivity index (χ0) is 13.0. The SMILES string of the molecule is C=NC(=N)c1ccccc1N1CCCN(C)CC1. The van der Waals surface area contributed by atoms with E-state index < -0.39 is 0 Å². The van der Waals surface area contributed by atoms with E-state index in [4.69, 9.17) is 5.41 Å². The van der Waals surface area contributed by atoms with E-state index in [1.54, 1.807) is 0 Å². The molecule has 1 fully saturated rings. The normalized spacial score (nSPS) is 17.3. The van der Waals surface area contributed by atoms with Gasteiger partial charge in [-0.1, -0.05) is 12.1 Å². The zero-order valence-corrected chi connectivity index (χ0v) is 10.9. The molecule has 96 valence electrons. The van der Waals surface area contributed by atoms with Crippen LogP contribution in [0.15, 0.2) is 29.3 Å². The number of hydrogen-bond donors (Lipinski definition) is 1. The molecule has 0 aromatic heterocycles. The van der Waals surface area contributed by atoms with Crippen molar-refractivity contribution in [1.82, 2.24) is 4.90 Å². The number of benzene rings is 1. The molecule has 1 aliphatic heterocycles. The van der Waals surface area contributed by atoms with Crippen LogP contribution in [0.25, 0.3) is 0 Å². The maximum atomic E-state index is 7.87. The summed E-state index contributed by atoms with van der Waals surface area (Å²) in [7, 11) is 2.16. The lowest BCUT2D eigenvalue weighted by molar-refractivity contribution is 0.360. The van der Waals surface area contributed by atoms with Crippen molar-refractivity contribution in [1.29, 1.82) is 5.41 Å². The average molecular weight is 244 g/mol. The maximum absolute atomic E-state index is 7.87. The van der Waals surface area contributed by atoms with E-state index in [1.807, 2.05) is 18.2 Å². The van der Waals surface area contributed by atoms with Crippen molar-refractivity contribution in [2.75, 3.05) is 38.1 Å². The minimum atomic E-state index is 0.253. The highest BCUT2D eigenvalue weighted by Gasteiger charge is 2.16. The Morgan fingerprint density at radius 1 is 1.22 bits per heavy atom. The molecule has 1 aromatic rings. The fourth-order valence-corrected chi connectivity index (χ4v) is 2.32. The van der Waals surface area contributed by atoms with Gasteiger partial charge in [0.15, 0.2) is 5.84 Å². The quantitative estimate of drug-likeness (QED) is 0.637. The Morgan fingerprint density at radius 3 is 2.78 bits per heavy atom. The largest absolute Gasteiger partial charge is 0.370 e. The third kappa shape index (κ3) is 2.76. The molecule has 1 saturated heterocycles. The molecule has 1 aliphatic rings. The van der Waals surface area contributed by atoms with Gasteiger partial charge in [0.05, 0.1) is 0 Å². The van der Waals surface area contributed by atoms with Gasteiger partial charge in [0.2, 0.25) is 0 Å². The Balaban J connectivity index is 2.26. The van der Waals surface area contributed by atoms with Crippen molar-refractivity contribution in [3.05, 3.63) is 29.8 Å². The summed E-state index contributed by atoms with van der Waals surface area (Å²) in [5.41, 5.74) is 1.97. The Bertz CT molecular complexity index is 441. The second-order valence-corrected chi connectivity index (χ2v) is 4.67. The maximum Gasteiger partial charge on any atom is 0.153 e. The summed E-state index contributed by atoms with van der Waals surface area (Å²) < 4.78 is 0. The second-order valence-electron chi connectivity index (χ2n) is 4.67. The fraction of sp³-hybridized carbons (Fsp3) is 0.429. The van der Waals surface area contributed by atoms with Crippen LogP contribution in [-0.2, 0) is 0 Å². The van der Waals surface area contributed by atoms with Crippen molar-refractivity contribution < 1.29 is 0 Å². The molecule has 18 heavy (non-hydrogen) atoms. The van der Waals surface area contributed by atoms with Crippen molar-refractivity contribution in [2.45, 2.75) is 6.42 Å². The van der Waals surface area contributed by atoms with E-state index in [1.165, 1.54) is 0 Å². The Morgan fingerprint density at radius 2 is 2.00 bits per heavy atom. The lowest BCUT2D eigenvalue weighted by atomic mass is 10.1. The highest BCUT2D eigenvalue weighted by atomic mass is 15.2. The van der Waals surface area contributed by atoms with Crippen LogP contribution in [0.3, 0.4) is 0 Å². The number of rotatable bonds is 2. The molecule has 0 spiro atoms. The minimum absolute atomic E-state index is 0.253. The van der Waals surface area contributed by atoms with Gasteiger partial charge >= 0.3 is 0 Å². The summed E-state index contributed by atoms with van der Waals surface area (Å²) in [6.45, 7) is 7.68.